The van der Waals surface area contributed by atoms with Crippen LogP contribution in [0.1, 0.15) is 46.6 Å². The zero-order chi connectivity index (χ0) is 15.1. The summed E-state index contributed by atoms with van der Waals surface area (Å²) >= 11 is 0. The summed E-state index contributed by atoms with van der Waals surface area (Å²) in [5.41, 5.74) is 5.88. The summed E-state index contributed by atoms with van der Waals surface area (Å²) in [6, 6.07) is 7.07. The molecule has 0 saturated carbocycles. The number of benzene rings is 1. The van der Waals surface area contributed by atoms with Crippen LogP contribution in [0, 0.1) is 0 Å². The van der Waals surface area contributed by atoms with E-state index in [0.29, 0.717) is 12.4 Å². The van der Waals surface area contributed by atoms with Crippen LogP contribution in [0.4, 0.5) is 0 Å². The van der Waals surface area contributed by atoms with Gasteiger partial charge in [0.25, 0.3) is 0 Å². The number of nitrogens with two attached hydrogens (primary N) is 1. The van der Waals surface area contributed by atoms with E-state index in [1.54, 1.807) is 19.1 Å². The van der Waals surface area contributed by atoms with Gasteiger partial charge in [-0.15, -0.1) is 0 Å². The summed E-state index contributed by atoms with van der Waals surface area (Å²) in [5, 5.41) is 9.42. The summed E-state index contributed by atoms with van der Waals surface area (Å²) in [7, 11) is 0. The standard InChI is InChI=1S/C10H13N3O.C3H8.C2H6/c1-8(13-7-11)12-6-9-4-2-3-5-10(9)14;1-3-2;1-2/h2-5,7,14H,6H2,1H3,(H2,11,12,13);3H2,1-2H3;1-2H3. The minimum Gasteiger partial charge on any atom is -0.508 e. The average Bonchev–Trinajstić information content (AvgIpc) is 2.41. The van der Waals surface area contributed by atoms with Gasteiger partial charge >= 0.3 is 0 Å². The van der Waals surface area contributed by atoms with E-state index in [-0.39, 0.29) is 5.75 Å². The van der Waals surface area contributed by atoms with Crippen molar-refractivity contribution in [2.75, 3.05) is 0 Å². The number of amidine groups is 1. The van der Waals surface area contributed by atoms with E-state index in [0.717, 1.165) is 5.56 Å². The summed E-state index contributed by atoms with van der Waals surface area (Å²) < 4.78 is 0. The SMILES string of the molecule is CC.CC(N=CN)=NCc1ccccc1O.CCC. The van der Waals surface area contributed by atoms with Gasteiger partial charge in [0.15, 0.2) is 0 Å². The number of hydrogen-bond donors (Lipinski definition) is 2. The van der Waals surface area contributed by atoms with Crippen molar-refractivity contribution in [3.8, 4) is 5.75 Å². The van der Waals surface area contributed by atoms with Gasteiger partial charge in [0.1, 0.15) is 11.6 Å². The molecule has 0 bridgehead atoms. The summed E-state index contributed by atoms with van der Waals surface area (Å²) in [5.74, 6) is 0.844. The lowest BCUT2D eigenvalue weighted by atomic mass is 10.2. The predicted molar refractivity (Wildman–Crippen MR) is 84.9 cm³/mol. The molecule has 0 fully saturated rings. The molecule has 0 radical (unpaired) electrons. The van der Waals surface area contributed by atoms with Gasteiger partial charge in [0, 0.05) is 5.56 Å². The zero-order valence-corrected chi connectivity index (χ0v) is 12.7. The van der Waals surface area contributed by atoms with E-state index >= 15 is 0 Å². The number of aromatic hydroxyl groups is 1. The zero-order valence-electron chi connectivity index (χ0n) is 12.7. The van der Waals surface area contributed by atoms with Crippen LogP contribution < -0.4 is 5.73 Å². The third-order valence-corrected chi connectivity index (χ3v) is 1.73. The van der Waals surface area contributed by atoms with Crippen LogP contribution in [0.3, 0.4) is 0 Å². The van der Waals surface area contributed by atoms with Gasteiger partial charge in [-0.1, -0.05) is 52.3 Å². The first-order valence-corrected chi connectivity index (χ1v) is 6.67. The Balaban J connectivity index is 0. The van der Waals surface area contributed by atoms with E-state index in [4.69, 9.17) is 5.73 Å². The average molecular weight is 265 g/mol. The smallest absolute Gasteiger partial charge is 0.122 e. The lowest BCUT2D eigenvalue weighted by molar-refractivity contribution is 0.468. The number of phenolic OH excluding ortho intramolecular Hbond substituents is 1. The Kier molecular flexibility index (Phi) is 14.6. The van der Waals surface area contributed by atoms with E-state index in [9.17, 15) is 5.11 Å². The number of para-hydroxylation sites is 1. The second-order valence-corrected chi connectivity index (χ2v) is 3.48. The molecule has 108 valence electrons. The van der Waals surface area contributed by atoms with Crippen LogP contribution in [0.15, 0.2) is 34.3 Å². The van der Waals surface area contributed by atoms with Crippen LogP contribution in [-0.4, -0.2) is 17.3 Å². The lowest BCUT2D eigenvalue weighted by Crippen LogP contribution is -1.95. The first-order valence-electron chi connectivity index (χ1n) is 6.67. The summed E-state index contributed by atoms with van der Waals surface area (Å²) in [6.45, 7) is 10.4. The minimum atomic E-state index is 0.251. The molecule has 0 amide bonds. The van der Waals surface area contributed by atoms with Gasteiger partial charge in [0.2, 0.25) is 0 Å². The molecule has 0 aliphatic carbocycles. The van der Waals surface area contributed by atoms with Crippen molar-refractivity contribution in [2.24, 2.45) is 15.7 Å². The van der Waals surface area contributed by atoms with Crippen molar-refractivity contribution in [3.63, 3.8) is 0 Å². The van der Waals surface area contributed by atoms with Crippen LogP contribution in [0.5, 0.6) is 5.75 Å². The van der Waals surface area contributed by atoms with E-state index in [1.165, 1.54) is 12.8 Å². The Hall–Kier alpha value is -1.84. The highest BCUT2D eigenvalue weighted by atomic mass is 16.3. The molecule has 4 heteroatoms. The molecule has 0 aliphatic rings. The maximum absolute atomic E-state index is 9.42. The molecule has 19 heavy (non-hydrogen) atoms. The molecule has 1 rings (SSSR count). The molecule has 3 N–H and O–H groups in total. The molecule has 0 atom stereocenters. The molecular formula is C15H27N3O. The third-order valence-electron chi connectivity index (χ3n) is 1.73. The van der Waals surface area contributed by atoms with E-state index in [2.05, 4.69) is 23.8 Å². The van der Waals surface area contributed by atoms with Crippen molar-refractivity contribution in [1.29, 1.82) is 0 Å². The highest BCUT2D eigenvalue weighted by molar-refractivity contribution is 5.86. The van der Waals surface area contributed by atoms with Crippen LogP contribution >= 0.6 is 0 Å². The summed E-state index contributed by atoms with van der Waals surface area (Å²) in [4.78, 5) is 7.91. The molecule has 0 saturated heterocycles. The first-order chi connectivity index (χ1) is 9.15. The highest BCUT2D eigenvalue weighted by Crippen LogP contribution is 2.16. The van der Waals surface area contributed by atoms with Gasteiger partial charge < -0.3 is 10.8 Å². The van der Waals surface area contributed by atoms with Crippen LogP contribution in [-0.2, 0) is 6.54 Å². The fourth-order valence-electron chi connectivity index (χ4n) is 0.993. The van der Waals surface area contributed by atoms with Crippen molar-refractivity contribution >= 4 is 12.2 Å². The van der Waals surface area contributed by atoms with E-state index in [1.807, 2.05) is 26.0 Å². The number of phenols is 1. The highest BCUT2D eigenvalue weighted by Gasteiger charge is 1.97. The molecular weight excluding hydrogens is 238 g/mol. The Morgan fingerprint density at radius 1 is 1.26 bits per heavy atom. The van der Waals surface area contributed by atoms with Gasteiger partial charge in [0.05, 0.1) is 12.9 Å². The molecule has 4 nitrogen and oxygen atoms in total. The number of aliphatic imine (C=N–C) groups is 2. The largest absolute Gasteiger partial charge is 0.508 e. The lowest BCUT2D eigenvalue weighted by Gasteiger charge is -1.99. The second kappa shape index (κ2) is 14.2. The normalized spacial score (nSPS) is 10.3. The van der Waals surface area contributed by atoms with Crippen LogP contribution in [0.25, 0.3) is 0 Å². The Bertz CT molecular complexity index is 373. The monoisotopic (exact) mass is 265 g/mol. The quantitative estimate of drug-likeness (QED) is 0.631. The van der Waals surface area contributed by atoms with Gasteiger partial charge in [-0.25, -0.2) is 4.99 Å². The Labute approximate surface area is 117 Å². The Morgan fingerprint density at radius 3 is 2.26 bits per heavy atom. The second-order valence-electron chi connectivity index (χ2n) is 3.48. The van der Waals surface area contributed by atoms with E-state index < -0.39 is 0 Å². The number of nitrogens with zero attached hydrogens (tertiary/aromatic N) is 2. The van der Waals surface area contributed by atoms with Gasteiger partial charge in [-0.2, -0.15) is 0 Å². The molecule has 1 aromatic rings. The Morgan fingerprint density at radius 2 is 1.79 bits per heavy atom. The van der Waals surface area contributed by atoms with Crippen LogP contribution in [0.2, 0.25) is 0 Å². The fraction of sp³-hybridized carbons (Fsp3) is 0.467. The maximum atomic E-state index is 9.42. The minimum absolute atomic E-state index is 0.251. The topological polar surface area (TPSA) is 71.0 Å². The molecule has 0 aromatic heterocycles. The van der Waals surface area contributed by atoms with Crippen molar-refractivity contribution in [2.45, 2.75) is 47.6 Å². The molecule has 0 aliphatic heterocycles. The fourth-order valence-corrected chi connectivity index (χ4v) is 0.993. The van der Waals surface area contributed by atoms with Gasteiger partial charge in [-0.3, -0.25) is 4.99 Å². The third kappa shape index (κ3) is 11.0. The molecule has 0 spiro atoms. The van der Waals surface area contributed by atoms with Crippen molar-refractivity contribution < 1.29 is 5.11 Å². The molecule has 1 aromatic carbocycles. The predicted octanol–water partition coefficient (Wildman–Crippen LogP) is 3.74. The van der Waals surface area contributed by atoms with Crippen molar-refractivity contribution in [3.05, 3.63) is 29.8 Å². The first kappa shape index (κ1) is 19.5. The summed E-state index contributed by atoms with van der Waals surface area (Å²) in [6.07, 6.45) is 2.45. The maximum Gasteiger partial charge on any atom is 0.122 e. The number of hydrogen-bond acceptors (Lipinski definition) is 2. The molecule has 0 heterocycles. The van der Waals surface area contributed by atoms with Gasteiger partial charge in [-0.05, 0) is 13.0 Å². The molecule has 0 unspecified atom stereocenters. The van der Waals surface area contributed by atoms with Crippen molar-refractivity contribution in [1.82, 2.24) is 0 Å². The number of rotatable bonds is 2.